The van der Waals surface area contributed by atoms with Crippen molar-refractivity contribution in [3.8, 4) is 6.07 Å². The molecule has 0 fully saturated rings. The van der Waals surface area contributed by atoms with Gasteiger partial charge in [-0.3, -0.25) is 0 Å². The molecule has 5 heteroatoms. The van der Waals surface area contributed by atoms with E-state index in [1.807, 2.05) is 6.07 Å². The van der Waals surface area contributed by atoms with E-state index >= 15 is 0 Å². The van der Waals surface area contributed by atoms with Crippen LogP contribution in [0, 0.1) is 17.1 Å². The molecule has 2 rings (SSSR count). The van der Waals surface area contributed by atoms with Gasteiger partial charge in [-0.15, -0.1) is 0 Å². The Bertz CT molecular complexity index is 652. The van der Waals surface area contributed by atoms with Crippen LogP contribution in [0.2, 0.25) is 5.02 Å². The van der Waals surface area contributed by atoms with Crippen molar-refractivity contribution in [1.82, 2.24) is 0 Å². The molecule has 2 aromatic rings. The largest absolute Gasteiger partial charge is 0.380 e. The summed E-state index contributed by atoms with van der Waals surface area (Å²) in [6.07, 6.45) is 0. The Kier molecular flexibility index (Phi) is 4.41. The molecule has 0 aliphatic carbocycles. The van der Waals surface area contributed by atoms with E-state index in [1.54, 1.807) is 24.3 Å². The molecule has 0 aromatic heterocycles. The number of nitriles is 1. The summed E-state index contributed by atoms with van der Waals surface area (Å²) < 4.78 is 13.8. The second-order valence-electron chi connectivity index (χ2n) is 3.91. The third-order valence-electron chi connectivity index (χ3n) is 2.57. The van der Waals surface area contributed by atoms with E-state index in [1.165, 1.54) is 6.07 Å². The molecule has 2 nitrogen and oxygen atoms in total. The summed E-state index contributed by atoms with van der Waals surface area (Å²) >= 11 is 9.11. The minimum Gasteiger partial charge on any atom is -0.380 e. The minimum absolute atomic E-state index is 0.109. The van der Waals surface area contributed by atoms with Gasteiger partial charge in [0.25, 0.3) is 0 Å². The Hall–Kier alpha value is -1.57. The maximum absolute atomic E-state index is 13.0. The highest BCUT2D eigenvalue weighted by molar-refractivity contribution is 9.10. The number of halogens is 3. The van der Waals surface area contributed by atoms with Gasteiger partial charge in [-0.05, 0) is 51.8 Å². The van der Waals surface area contributed by atoms with E-state index in [0.29, 0.717) is 12.1 Å². The molecule has 0 heterocycles. The molecule has 0 amide bonds. The van der Waals surface area contributed by atoms with Crippen LogP contribution in [0.1, 0.15) is 11.1 Å². The summed E-state index contributed by atoms with van der Waals surface area (Å²) in [4.78, 5) is 0. The predicted molar refractivity (Wildman–Crippen MR) is 77.6 cm³/mol. The zero-order chi connectivity index (χ0) is 13.8. The molecular weight excluding hydrogens is 331 g/mol. The number of benzene rings is 2. The molecule has 0 atom stereocenters. The number of hydrogen-bond acceptors (Lipinski definition) is 2. The van der Waals surface area contributed by atoms with Crippen molar-refractivity contribution in [3.05, 3.63) is 62.8 Å². The molecule has 1 N–H and O–H groups in total. The van der Waals surface area contributed by atoms with E-state index < -0.39 is 5.82 Å². The number of rotatable bonds is 3. The first-order chi connectivity index (χ1) is 9.10. The van der Waals surface area contributed by atoms with Crippen LogP contribution in [0.4, 0.5) is 10.1 Å². The van der Waals surface area contributed by atoms with E-state index in [-0.39, 0.29) is 5.02 Å². The minimum atomic E-state index is -0.426. The maximum Gasteiger partial charge on any atom is 0.141 e. The van der Waals surface area contributed by atoms with Gasteiger partial charge in [0.05, 0.1) is 16.7 Å². The Balaban J connectivity index is 2.10. The second kappa shape index (κ2) is 6.05. The monoisotopic (exact) mass is 338 g/mol. The van der Waals surface area contributed by atoms with E-state index in [0.717, 1.165) is 15.7 Å². The lowest BCUT2D eigenvalue weighted by Gasteiger charge is -2.09. The molecule has 0 unspecified atom stereocenters. The molecular formula is C14H9BrClFN2. The summed E-state index contributed by atoms with van der Waals surface area (Å²) in [6, 6.07) is 11.9. The van der Waals surface area contributed by atoms with Gasteiger partial charge in [0.2, 0.25) is 0 Å². The van der Waals surface area contributed by atoms with E-state index in [9.17, 15) is 4.39 Å². The van der Waals surface area contributed by atoms with Crippen molar-refractivity contribution >= 4 is 33.2 Å². The Labute approximate surface area is 123 Å². The van der Waals surface area contributed by atoms with Crippen LogP contribution >= 0.6 is 27.5 Å². The SMILES string of the molecule is N#Cc1ccc(NCc2ccc(F)c(Cl)c2)c(Br)c1. The first-order valence-corrected chi connectivity index (χ1v) is 6.64. The molecule has 0 saturated carbocycles. The van der Waals surface area contributed by atoms with Crippen LogP contribution in [0.15, 0.2) is 40.9 Å². The molecule has 0 bridgehead atoms. The molecule has 0 aliphatic rings. The van der Waals surface area contributed by atoms with Gasteiger partial charge in [-0.1, -0.05) is 17.7 Å². The Morgan fingerprint density at radius 3 is 2.68 bits per heavy atom. The van der Waals surface area contributed by atoms with Crippen molar-refractivity contribution in [3.63, 3.8) is 0 Å². The molecule has 96 valence electrons. The van der Waals surface area contributed by atoms with Gasteiger partial charge in [-0.25, -0.2) is 4.39 Å². The van der Waals surface area contributed by atoms with Crippen LogP contribution in [-0.2, 0) is 6.54 Å². The highest BCUT2D eigenvalue weighted by atomic mass is 79.9. The Morgan fingerprint density at radius 1 is 1.26 bits per heavy atom. The quantitative estimate of drug-likeness (QED) is 0.878. The van der Waals surface area contributed by atoms with Crippen LogP contribution in [0.3, 0.4) is 0 Å². The lowest BCUT2D eigenvalue weighted by atomic mass is 10.2. The molecule has 0 radical (unpaired) electrons. The highest BCUT2D eigenvalue weighted by Gasteiger charge is 2.03. The number of nitrogens with one attached hydrogen (secondary N) is 1. The fraction of sp³-hybridized carbons (Fsp3) is 0.0714. The van der Waals surface area contributed by atoms with Gasteiger partial charge < -0.3 is 5.32 Å². The summed E-state index contributed by atoms with van der Waals surface area (Å²) in [6.45, 7) is 0.518. The fourth-order valence-electron chi connectivity index (χ4n) is 1.57. The molecule has 0 saturated heterocycles. The van der Waals surface area contributed by atoms with Crippen molar-refractivity contribution in [2.75, 3.05) is 5.32 Å². The topological polar surface area (TPSA) is 35.8 Å². The number of nitrogens with zero attached hydrogens (tertiary/aromatic N) is 1. The summed E-state index contributed by atoms with van der Waals surface area (Å²) in [5.74, 6) is -0.426. The van der Waals surface area contributed by atoms with Crippen molar-refractivity contribution in [1.29, 1.82) is 5.26 Å². The summed E-state index contributed by atoms with van der Waals surface area (Å²) in [5, 5.41) is 12.1. The molecule has 2 aromatic carbocycles. The Morgan fingerprint density at radius 2 is 2.05 bits per heavy atom. The van der Waals surface area contributed by atoms with Gasteiger partial charge in [0.1, 0.15) is 5.82 Å². The second-order valence-corrected chi connectivity index (χ2v) is 5.17. The summed E-state index contributed by atoms with van der Waals surface area (Å²) in [7, 11) is 0. The van der Waals surface area contributed by atoms with E-state index in [4.69, 9.17) is 16.9 Å². The van der Waals surface area contributed by atoms with Gasteiger partial charge in [-0.2, -0.15) is 5.26 Å². The van der Waals surface area contributed by atoms with Crippen LogP contribution in [-0.4, -0.2) is 0 Å². The first-order valence-electron chi connectivity index (χ1n) is 5.47. The molecule has 19 heavy (non-hydrogen) atoms. The lowest BCUT2D eigenvalue weighted by Crippen LogP contribution is -2.00. The van der Waals surface area contributed by atoms with Crippen LogP contribution in [0.5, 0.6) is 0 Å². The zero-order valence-corrected chi connectivity index (χ0v) is 12.1. The third kappa shape index (κ3) is 3.46. The molecule has 0 aliphatic heterocycles. The fourth-order valence-corrected chi connectivity index (χ4v) is 2.30. The smallest absolute Gasteiger partial charge is 0.141 e. The average Bonchev–Trinajstić information content (AvgIpc) is 2.41. The van der Waals surface area contributed by atoms with Crippen LogP contribution < -0.4 is 5.32 Å². The van der Waals surface area contributed by atoms with Crippen molar-refractivity contribution < 1.29 is 4.39 Å². The average molecular weight is 340 g/mol. The zero-order valence-electron chi connectivity index (χ0n) is 9.75. The van der Waals surface area contributed by atoms with Gasteiger partial charge in [0.15, 0.2) is 0 Å². The summed E-state index contributed by atoms with van der Waals surface area (Å²) in [5.41, 5.74) is 2.32. The first kappa shape index (κ1) is 13.9. The number of anilines is 1. The van der Waals surface area contributed by atoms with Crippen LogP contribution in [0.25, 0.3) is 0 Å². The normalized spacial score (nSPS) is 10.0. The van der Waals surface area contributed by atoms with Gasteiger partial charge >= 0.3 is 0 Å². The van der Waals surface area contributed by atoms with Gasteiger partial charge in [0, 0.05) is 16.7 Å². The van der Waals surface area contributed by atoms with Crippen molar-refractivity contribution in [2.24, 2.45) is 0 Å². The lowest BCUT2D eigenvalue weighted by molar-refractivity contribution is 0.627. The predicted octanol–water partition coefficient (Wildman–Crippen LogP) is 4.73. The maximum atomic E-state index is 13.0. The standard InChI is InChI=1S/C14H9BrClFN2/c15-11-5-9(7-18)2-4-14(11)19-8-10-1-3-13(17)12(16)6-10/h1-6,19H,8H2. The highest BCUT2D eigenvalue weighted by Crippen LogP contribution is 2.24. The third-order valence-corrected chi connectivity index (χ3v) is 3.51. The molecule has 0 spiro atoms. The van der Waals surface area contributed by atoms with E-state index in [2.05, 4.69) is 27.3 Å². The number of hydrogen-bond donors (Lipinski definition) is 1. The van der Waals surface area contributed by atoms with Crippen molar-refractivity contribution in [2.45, 2.75) is 6.54 Å².